The summed E-state index contributed by atoms with van der Waals surface area (Å²) in [6.45, 7) is 2.24. The van der Waals surface area contributed by atoms with Gasteiger partial charge >= 0.3 is 0 Å². The van der Waals surface area contributed by atoms with E-state index in [0.717, 1.165) is 31.5 Å². The molecule has 1 N–H and O–H groups in total. The molecule has 2 aliphatic rings. The van der Waals surface area contributed by atoms with E-state index in [2.05, 4.69) is 5.32 Å². The third-order valence-electron chi connectivity index (χ3n) is 3.78. The van der Waals surface area contributed by atoms with E-state index in [1.165, 1.54) is 6.07 Å². The molecule has 1 aromatic rings. The molecule has 1 heterocycles. The van der Waals surface area contributed by atoms with Crippen LogP contribution in [0.3, 0.4) is 0 Å². The van der Waals surface area contributed by atoms with E-state index in [-0.39, 0.29) is 5.82 Å². The molecule has 1 spiro atoms. The molecule has 15 heavy (non-hydrogen) atoms. The topological polar surface area (TPSA) is 12.0 Å². The maximum Gasteiger partial charge on any atom is 0.142 e. The quantitative estimate of drug-likeness (QED) is 0.775. The van der Waals surface area contributed by atoms with Crippen molar-refractivity contribution in [2.24, 2.45) is 5.41 Å². The van der Waals surface area contributed by atoms with Gasteiger partial charge in [0, 0.05) is 13.1 Å². The number of rotatable bonds is 1. The van der Waals surface area contributed by atoms with Crippen LogP contribution < -0.4 is 5.32 Å². The second-order valence-electron chi connectivity index (χ2n) is 4.85. The third-order valence-corrected chi connectivity index (χ3v) is 4.18. The first kappa shape index (κ1) is 9.61. The molecule has 0 aromatic heterocycles. The molecule has 1 saturated heterocycles. The molecule has 2 fully saturated rings. The number of nitrogens with one attached hydrogen (secondary N) is 1. The van der Waals surface area contributed by atoms with Crippen molar-refractivity contribution in [3.05, 3.63) is 34.6 Å². The minimum Gasteiger partial charge on any atom is -0.316 e. The Morgan fingerprint density at radius 3 is 2.67 bits per heavy atom. The van der Waals surface area contributed by atoms with Crippen LogP contribution in [0.5, 0.6) is 0 Å². The Balaban J connectivity index is 1.80. The van der Waals surface area contributed by atoms with Crippen LogP contribution in [0.1, 0.15) is 24.3 Å². The number of hydrogen-bond acceptors (Lipinski definition) is 1. The van der Waals surface area contributed by atoms with Crippen molar-refractivity contribution in [1.82, 2.24) is 5.32 Å². The lowest BCUT2D eigenvalue weighted by Gasteiger charge is -2.54. The van der Waals surface area contributed by atoms with E-state index >= 15 is 0 Å². The first-order chi connectivity index (χ1) is 7.20. The van der Waals surface area contributed by atoms with E-state index in [1.807, 2.05) is 6.07 Å². The molecule has 1 nitrogen and oxygen atoms in total. The Morgan fingerprint density at radius 2 is 2.07 bits per heavy atom. The maximum absolute atomic E-state index is 13.2. The highest BCUT2D eigenvalue weighted by Gasteiger charge is 2.49. The van der Waals surface area contributed by atoms with Gasteiger partial charge in [0.15, 0.2) is 0 Å². The van der Waals surface area contributed by atoms with E-state index in [1.54, 1.807) is 6.07 Å². The lowest BCUT2D eigenvalue weighted by atomic mass is 9.57. The van der Waals surface area contributed by atoms with E-state index < -0.39 is 0 Å². The summed E-state index contributed by atoms with van der Waals surface area (Å²) in [5.74, 6) is 0.178. The molecule has 3 rings (SSSR count). The van der Waals surface area contributed by atoms with Crippen molar-refractivity contribution in [2.45, 2.75) is 18.8 Å². The first-order valence-electron chi connectivity index (χ1n) is 5.35. The van der Waals surface area contributed by atoms with Gasteiger partial charge in [0.2, 0.25) is 0 Å². The zero-order chi connectivity index (χ0) is 10.5. The molecule has 0 unspecified atom stereocenters. The van der Waals surface area contributed by atoms with Gasteiger partial charge in [0.05, 0.1) is 5.02 Å². The highest BCUT2D eigenvalue weighted by Crippen LogP contribution is 2.54. The summed E-state index contributed by atoms with van der Waals surface area (Å²) in [7, 11) is 0. The van der Waals surface area contributed by atoms with E-state index in [0.29, 0.717) is 16.4 Å². The van der Waals surface area contributed by atoms with Gasteiger partial charge in [-0.2, -0.15) is 0 Å². The summed E-state index contributed by atoms with van der Waals surface area (Å²) in [5.41, 5.74) is 1.51. The van der Waals surface area contributed by atoms with Crippen molar-refractivity contribution in [2.75, 3.05) is 13.1 Å². The average Bonchev–Trinajstić information content (AvgIpc) is 2.07. The maximum atomic E-state index is 13.2. The van der Waals surface area contributed by atoms with Crippen LogP contribution in [0.15, 0.2) is 18.2 Å². The predicted molar refractivity (Wildman–Crippen MR) is 58.7 cm³/mol. The molecular formula is C12H13ClFN. The smallest absolute Gasteiger partial charge is 0.142 e. The summed E-state index contributed by atoms with van der Waals surface area (Å²) < 4.78 is 13.2. The Kier molecular flexibility index (Phi) is 2.05. The lowest BCUT2D eigenvalue weighted by molar-refractivity contribution is 0.0362. The van der Waals surface area contributed by atoms with Crippen LogP contribution in [-0.2, 0) is 0 Å². The molecule has 1 aliphatic carbocycles. The zero-order valence-corrected chi connectivity index (χ0v) is 9.15. The van der Waals surface area contributed by atoms with Gasteiger partial charge in [-0.3, -0.25) is 0 Å². The van der Waals surface area contributed by atoms with Crippen LogP contribution >= 0.6 is 11.6 Å². The number of halogens is 2. The van der Waals surface area contributed by atoms with Crippen molar-refractivity contribution in [3.8, 4) is 0 Å². The van der Waals surface area contributed by atoms with Crippen LogP contribution in [-0.4, -0.2) is 13.1 Å². The Hall–Kier alpha value is -0.600. The molecule has 80 valence electrons. The van der Waals surface area contributed by atoms with Gasteiger partial charge in [-0.1, -0.05) is 23.7 Å². The lowest BCUT2D eigenvalue weighted by Crippen LogP contribution is -2.59. The van der Waals surface area contributed by atoms with Crippen LogP contribution in [0, 0.1) is 11.2 Å². The highest BCUT2D eigenvalue weighted by atomic mass is 35.5. The fourth-order valence-corrected chi connectivity index (χ4v) is 3.09. The minimum atomic E-state index is -0.290. The van der Waals surface area contributed by atoms with Gasteiger partial charge in [0.1, 0.15) is 5.82 Å². The van der Waals surface area contributed by atoms with E-state index in [9.17, 15) is 4.39 Å². The number of benzene rings is 1. The van der Waals surface area contributed by atoms with Crippen molar-refractivity contribution < 1.29 is 4.39 Å². The van der Waals surface area contributed by atoms with Gasteiger partial charge in [-0.05, 0) is 35.8 Å². The molecule has 0 bridgehead atoms. The monoisotopic (exact) mass is 225 g/mol. The highest BCUT2D eigenvalue weighted by molar-refractivity contribution is 6.31. The second-order valence-corrected chi connectivity index (χ2v) is 5.23. The Labute approximate surface area is 93.6 Å². The summed E-state index contributed by atoms with van der Waals surface area (Å²) in [5, 5.41) is 3.62. The molecule has 1 saturated carbocycles. The molecule has 1 aromatic carbocycles. The van der Waals surface area contributed by atoms with Crippen LogP contribution in [0.4, 0.5) is 4.39 Å². The molecular weight excluding hydrogens is 213 g/mol. The normalized spacial score (nSPS) is 23.6. The fraction of sp³-hybridized carbons (Fsp3) is 0.500. The fourth-order valence-electron chi connectivity index (χ4n) is 2.81. The summed E-state index contributed by atoms with van der Waals surface area (Å²) in [6, 6.07) is 5.13. The summed E-state index contributed by atoms with van der Waals surface area (Å²) in [4.78, 5) is 0. The minimum absolute atomic E-state index is 0.290. The standard InChI is InChI=1S/C12H13ClFN/c13-11-9(2-1-3-10(11)14)8-4-12(5-8)6-15-7-12/h1-3,8,15H,4-7H2. The van der Waals surface area contributed by atoms with Crippen molar-refractivity contribution in [1.29, 1.82) is 0 Å². The van der Waals surface area contributed by atoms with Gasteiger partial charge < -0.3 is 5.32 Å². The summed E-state index contributed by atoms with van der Waals surface area (Å²) in [6.07, 6.45) is 2.31. The van der Waals surface area contributed by atoms with Gasteiger partial charge in [-0.15, -0.1) is 0 Å². The van der Waals surface area contributed by atoms with Crippen molar-refractivity contribution >= 4 is 11.6 Å². The van der Waals surface area contributed by atoms with E-state index in [4.69, 9.17) is 11.6 Å². The number of hydrogen-bond donors (Lipinski definition) is 1. The zero-order valence-electron chi connectivity index (χ0n) is 8.39. The molecule has 0 amide bonds. The predicted octanol–water partition coefficient (Wildman–Crippen LogP) is 2.95. The largest absolute Gasteiger partial charge is 0.316 e. The van der Waals surface area contributed by atoms with Crippen LogP contribution in [0.25, 0.3) is 0 Å². The van der Waals surface area contributed by atoms with Crippen molar-refractivity contribution in [3.63, 3.8) is 0 Å². The first-order valence-corrected chi connectivity index (χ1v) is 5.73. The molecule has 0 atom stereocenters. The Bertz CT molecular complexity index is 393. The molecule has 3 heteroatoms. The van der Waals surface area contributed by atoms with Crippen LogP contribution in [0.2, 0.25) is 5.02 Å². The average molecular weight is 226 g/mol. The Morgan fingerprint density at radius 1 is 1.33 bits per heavy atom. The van der Waals surface area contributed by atoms with Gasteiger partial charge in [0.25, 0.3) is 0 Å². The molecule has 0 radical (unpaired) electrons. The van der Waals surface area contributed by atoms with Gasteiger partial charge in [-0.25, -0.2) is 4.39 Å². The third kappa shape index (κ3) is 1.39. The second kappa shape index (κ2) is 3.19. The SMILES string of the molecule is Fc1cccc(C2CC3(CNC3)C2)c1Cl. The summed E-state index contributed by atoms with van der Waals surface area (Å²) >= 11 is 5.96. The molecule has 1 aliphatic heterocycles.